The van der Waals surface area contributed by atoms with Crippen molar-refractivity contribution < 1.29 is 10.2 Å². The first-order valence-electron chi connectivity index (χ1n) is 12.1. The van der Waals surface area contributed by atoms with Gasteiger partial charge in [-0.1, -0.05) is 17.3 Å². The summed E-state index contributed by atoms with van der Waals surface area (Å²) < 4.78 is 1.70. The van der Waals surface area contributed by atoms with Crippen molar-refractivity contribution in [1.82, 2.24) is 25.0 Å². The molecular weight excluding hydrogens is 430 g/mol. The maximum atomic E-state index is 10.9. The van der Waals surface area contributed by atoms with Crippen LogP contribution < -0.4 is 10.6 Å². The van der Waals surface area contributed by atoms with Crippen molar-refractivity contribution >= 4 is 17.5 Å². The lowest BCUT2D eigenvalue weighted by Gasteiger charge is -2.58. The van der Waals surface area contributed by atoms with E-state index in [1.54, 1.807) is 10.9 Å². The number of rotatable bonds is 7. The van der Waals surface area contributed by atoms with Gasteiger partial charge in [-0.3, -0.25) is 0 Å². The zero-order valence-corrected chi connectivity index (χ0v) is 19.4. The van der Waals surface area contributed by atoms with Gasteiger partial charge in [0.05, 0.1) is 24.9 Å². The van der Waals surface area contributed by atoms with Crippen LogP contribution in [0.25, 0.3) is 0 Å². The third-order valence-corrected chi connectivity index (χ3v) is 7.79. The molecule has 2 heterocycles. The zero-order valence-electron chi connectivity index (χ0n) is 19.4. The normalized spacial score (nSPS) is 29.4. The Morgan fingerprint density at radius 2 is 2.00 bits per heavy atom. The number of aromatic nitrogens is 5. The second-order valence-corrected chi connectivity index (χ2v) is 10.5. The van der Waals surface area contributed by atoms with Crippen molar-refractivity contribution in [2.75, 3.05) is 10.6 Å². The summed E-state index contributed by atoms with van der Waals surface area (Å²) in [6.45, 7) is 2.48. The average molecular weight is 462 g/mol. The van der Waals surface area contributed by atoms with E-state index in [0.717, 1.165) is 41.9 Å². The van der Waals surface area contributed by atoms with Gasteiger partial charge >= 0.3 is 0 Å². The zero-order chi connectivity index (χ0) is 23.3. The van der Waals surface area contributed by atoms with Crippen LogP contribution in [0, 0.1) is 24.7 Å². The molecule has 3 aromatic rings. The molecular formula is C25H31N7O2. The summed E-state index contributed by atoms with van der Waals surface area (Å²) in [5.41, 5.74) is 3.09. The Morgan fingerprint density at radius 1 is 1.18 bits per heavy atom. The molecule has 4 N–H and O–H groups in total. The van der Waals surface area contributed by atoms with Crippen molar-refractivity contribution in [2.45, 2.75) is 63.8 Å². The van der Waals surface area contributed by atoms with E-state index in [9.17, 15) is 10.2 Å². The van der Waals surface area contributed by atoms with Gasteiger partial charge in [0.15, 0.2) is 0 Å². The van der Waals surface area contributed by atoms with Crippen LogP contribution in [0.3, 0.4) is 0 Å². The van der Waals surface area contributed by atoms with E-state index in [1.807, 2.05) is 37.4 Å². The minimum absolute atomic E-state index is 0.119. The van der Waals surface area contributed by atoms with Crippen molar-refractivity contribution in [3.05, 3.63) is 53.5 Å². The number of aliphatic hydroxyl groups excluding tert-OH is 1. The molecule has 0 spiro atoms. The number of aryl methyl sites for hydroxylation is 1. The topological polar surface area (TPSA) is 121 Å². The number of benzene rings is 1. The average Bonchev–Trinajstić information content (AvgIpc) is 3.25. The molecule has 4 saturated carbocycles. The fraction of sp³-hybridized carbons (Fsp3) is 0.520. The second kappa shape index (κ2) is 8.32. The lowest BCUT2D eigenvalue weighted by atomic mass is 9.52. The van der Waals surface area contributed by atoms with Crippen molar-refractivity contribution in [1.29, 1.82) is 0 Å². The molecule has 4 aliphatic rings. The van der Waals surface area contributed by atoms with E-state index in [4.69, 9.17) is 4.98 Å². The van der Waals surface area contributed by atoms with Crippen molar-refractivity contribution in [2.24, 2.45) is 17.8 Å². The van der Waals surface area contributed by atoms with Gasteiger partial charge in [0.25, 0.3) is 0 Å². The predicted molar refractivity (Wildman–Crippen MR) is 127 cm³/mol. The Balaban J connectivity index is 1.17. The molecule has 9 heteroatoms. The second-order valence-electron chi connectivity index (χ2n) is 10.5. The van der Waals surface area contributed by atoms with Gasteiger partial charge in [-0.2, -0.15) is 4.98 Å². The summed E-state index contributed by atoms with van der Waals surface area (Å²) >= 11 is 0. The summed E-state index contributed by atoms with van der Waals surface area (Å²) in [4.78, 5) is 9.31. The highest BCUT2D eigenvalue weighted by Crippen LogP contribution is 2.56. The van der Waals surface area contributed by atoms with Crippen LogP contribution in [0.5, 0.6) is 0 Å². The van der Waals surface area contributed by atoms with Gasteiger partial charge in [0.1, 0.15) is 11.5 Å². The number of hydrogen-bond acceptors (Lipinski definition) is 8. The highest BCUT2D eigenvalue weighted by atomic mass is 16.3. The highest BCUT2D eigenvalue weighted by molar-refractivity contribution is 5.57. The Kier molecular flexibility index (Phi) is 5.26. The lowest BCUT2D eigenvalue weighted by Crippen LogP contribution is -2.59. The van der Waals surface area contributed by atoms with Crippen LogP contribution in [0.2, 0.25) is 0 Å². The number of aliphatic hydroxyl groups is 2. The van der Waals surface area contributed by atoms with E-state index in [1.165, 1.54) is 12.8 Å². The van der Waals surface area contributed by atoms with Crippen LogP contribution in [0.4, 0.5) is 17.5 Å². The fourth-order valence-corrected chi connectivity index (χ4v) is 6.58. The van der Waals surface area contributed by atoms with Crippen LogP contribution in [-0.4, -0.2) is 46.8 Å². The molecule has 4 fully saturated rings. The summed E-state index contributed by atoms with van der Waals surface area (Å²) in [5.74, 6) is 3.14. The van der Waals surface area contributed by atoms with Crippen LogP contribution in [0.1, 0.15) is 48.9 Å². The smallest absolute Gasteiger partial charge is 0.229 e. The van der Waals surface area contributed by atoms with E-state index < -0.39 is 5.60 Å². The number of hydrogen-bond donors (Lipinski definition) is 4. The third-order valence-electron chi connectivity index (χ3n) is 7.79. The molecule has 178 valence electrons. The van der Waals surface area contributed by atoms with Gasteiger partial charge in [-0.15, -0.1) is 5.10 Å². The minimum atomic E-state index is -0.432. The SMILES string of the molecule is Cc1cnc(Nc2cccc(Cn3cc(CO)nn3)c2)nc1NC1C2CC3CC1CC(O)(C3)C2. The van der Waals surface area contributed by atoms with Gasteiger partial charge in [-0.05, 0) is 74.5 Å². The lowest BCUT2D eigenvalue weighted by molar-refractivity contribution is -0.129. The van der Waals surface area contributed by atoms with Crippen LogP contribution in [-0.2, 0) is 13.2 Å². The molecule has 0 radical (unpaired) electrons. The largest absolute Gasteiger partial charge is 0.390 e. The standard InChI is InChI=1S/C25H31N7O2/c1-15-11-26-24(27-20-4-2-3-16(7-20)12-32-13-21(14-33)30-31-32)29-23(15)28-22-18-5-17-6-19(22)10-25(34,8-17)9-18/h2-4,7,11,13,17-19,22,33-34H,5-6,8-10,12,14H2,1H3,(H2,26,27,28,29). The minimum Gasteiger partial charge on any atom is -0.390 e. The molecule has 0 aliphatic heterocycles. The molecule has 34 heavy (non-hydrogen) atoms. The quantitative estimate of drug-likeness (QED) is 0.424. The molecule has 2 atom stereocenters. The maximum Gasteiger partial charge on any atom is 0.229 e. The first-order chi connectivity index (χ1) is 16.5. The molecule has 4 aliphatic carbocycles. The molecule has 4 bridgehead atoms. The molecule has 2 unspecified atom stereocenters. The molecule has 2 aromatic heterocycles. The fourth-order valence-electron chi connectivity index (χ4n) is 6.58. The Labute approximate surface area is 198 Å². The molecule has 0 saturated heterocycles. The Bertz CT molecular complexity index is 1180. The third kappa shape index (κ3) is 4.14. The van der Waals surface area contributed by atoms with E-state index in [-0.39, 0.29) is 6.61 Å². The summed E-state index contributed by atoms with van der Waals surface area (Å²) in [6.07, 6.45) is 8.83. The Morgan fingerprint density at radius 3 is 2.74 bits per heavy atom. The van der Waals surface area contributed by atoms with Crippen molar-refractivity contribution in [3.63, 3.8) is 0 Å². The summed E-state index contributed by atoms with van der Waals surface area (Å²) in [5, 5.41) is 35.1. The van der Waals surface area contributed by atoms with Gasteiger partial charge in [0.2, 0.25) is 5.95 Å². The molecule has 7 rings (SSSR count). The predicted octanol–water partition coefficient (Wildman–Crippen LogP) is 3.01. The van der Waals surface area contributed by atoms with Gasteiger partial charge in [0, 0.05) is 23.5 Å². The Hall–Kier alpha value is -3.04. The number of nitrogens with zero attached hydrogens (tertiary/aromatic N) is 5. The van der Waals surface area contributed by atoms with E-state index >= 15 is 0 Å². The summed E-state index contributed by atoms with van der Waals surface area (Å²) in [7, 11) is 0. The molecule has 9 nitrogen and oxygen atoms in total. The maximum absolute atomic E-state index is 10.9. The summed E-state index contributed by atoms with van der Waals surface area (Å²) in [6, 6.07) is 8.39. The molecule has 1 aromatic carbocycles. The van der Waals surface area contributed by atoms with E-state index in [2.05, 4.69) is 25.9 Å². The monoisotopic (exact) mass is 461 g/mol. The van der Waals surface area contributed by atoms with Crippen LogP contribution >= 0.6 is 0 Å². The number of nitrogens with one attached hydrogen (secondary N) is 2. The molecule has 0 amide bonds. The van der Waals surface area contributed by atoms with E-state index in [0.29, 0.717) is 42.0 Å². The highest BCUT2D eigenvalue weighted by Gasteiger charge is 2.54. The number of anilines is 3. The van der Waals surface area contributed by atoms with Crippen molar-refractivity contribution in [3.8, 4) is 0 Å². The van der Waals surface area contributed by atoms with Gasteiger partial charge in [-0.25, -0.2) is 9.67 Å². The van der Waals surface area contributed by atoms with Gasteiger partial charge < -0.3 is 20.8 Å². The first kappa shape index (κ1) is 21.5. The van der Waals surface area contributed by atoms with Crippen LogP contribution in [0.15, 0.2) is 36.7 Å². The first-order valence-corrected chi connectivity index (χ1v) is 12.1.